The molecule has 0 radical (unpaired) electrons. The maximum Gasteiger partial charge on any atom is 0.315 e. The van der Waals surface area contributed by atoms with Gasteiger partial charge in [-0.05, 0) is 12.5 Å². The summed E-state index contributed by atoms with van der Waals surface area (Å²) in [6, 6.07) is 9.97. The Hall–Kier alpha value is -1.57. The fourth-order valence-electron chi connectivity index (χ4n) is 1.62. The summed E-state index contributed by atoms with van der Waals surface area (Å²) in [4.78, 5) is 11.4. The predicted octanol–water partition coefficient (Wildman–Crippen LogP) is 2.65. The summed E-state index contributed by atoms with van der Waals surface area (Å²) >= 11 is 0. The molecule has 1 atom stereocenters. The van der Waals surface area contributed by atoms with Crippen LogP contribution in [-0.2, 0) is 9.53 Å². The van der Waals surface area contributed by atoms with Gasteiger partial charge in [0.25, 0.3) is 0 Å². The van der Waals surface area contributed by atoms with Crippen LogP contribution < -0.4 is 0 Å². The molecule has 0 aliphatic carbocycles. The summed E-state index contributed by atoms with van der Waals surface area (Å²) in [6.07, 6.45) is 4.69. The Balaban J connectivity index is 2.15. The zero-order valence-corrected chi connectivity index (χ0v) is 8.77. The van der Waals surface area contributed by atoms with Crippen molar-refractivity contribution in [3.63, 3.8) is 0 Å². The Labute approximate surface area is 89.6 Å². The van der Waals surface area contributed by atoms with E-state index in [0.29, 0.717) is 6.61 Å². The van der Waals surface area contributed by atoms with E-state index in [0.717, 1.165) is 12.0 Å². The van der Waals surface area contributed by atoms with Crippen molar-refractivity contribution in [2.45, 2.75) is 13.3 Å². The molecule has 0 N–H and O–H groups in total. The van der Waals surface area contributed by atoms with E-state index in [1.54, 1.807) is 0 Å². The fraction of sp³-hybridized carbons (Fsp3) is 0.308. The minimum Gasteiger partial charge on any atom is -0.465 e. The van der Waals surface area contributed by atoms with E-state index in [-0.39, 0.29) is 5.97 Å². The van der Waals surface area contributed by atoms with E-state index in [2.05, 4.69) is 0 Å². The van der Waals surface area contributed by atoms with Gasteiger partial charge in [-0.1, -0.05) is 42.5 Å². The van der Waals surface area contributed by atoms with Crippen LogP contribution in [0, 0.1) is 5.41 Å². The SMILES string of the molecule is C[C@]1(/C=C/c2ccccc2)CCOC1=O. The van der Waals surface area contributed by atoms with Crippen molar-refractivity contribution in [2.24, 2.45) is 5.41 Å². The van der Waals surface area contributed by atoms with Gasteiger partial charge in [0.1, 0.15) is 0 Å². The molecule has 1 aromatic carbocycles. The van der Waals surface area contributed by atoms with Gasteiger partial charge in [-0.25, -0.2) is 0 Å². The second-order valence-electron chi connectivity index (χ2n) is 4.05. The smallest absolute Gasteiger partial charge is 0.315 e. The second kappa shape index (κ2) is 3.89. The lowest BCUT2D eigenvalue weighted by Gasteiger charge is -2.12. The average Bonchev–Trinajstić information content (AvgIpc) is 2.59. The molecule has 0 amide bonds. The Morgan fingerprint density at radius 1 is 1.33 bits per heavy atom. The van der Waals surface area contributed by atoms with Gasteiger partial charge < -0.3 is 4.74 Å². The van der Waals surface area contributed by atoms with E-state index in [1.807, 2.05) is 49.4 Å². The third kappa shape index (κ3) is 2.09. The maximum atomic E-state index is 11.4. The fourth-order valence-corrected chi connectivity index (χ4v) is 1.62. The first-order valence-electron chi connectivity index (χ1n) is 5.12. The second-order valence-corrected chi connectivity index (χ2v) is 4.05. The van der Waals surface area contributed by atoms with Gasteiger partial charge in [-0.2, -0.15) is 0 Å². The number of esters is 1. The number of cyclic esters (lactones) is 1. The first-order valence-corrected chi connectivity index (χ1v) is 5.12. The van der Waals surface area contributed by atoms with Crippen LogP contribution in [0.5, 0.6) is 0 Å². The van der Waals surface area contributed by atoms with Crippen molar-refractivity contribution >= 4 is 12.0 Å². The third-order valence-electron chi connectivity index (χ3n) is 2.76. The van der Waals surface area contributed by atoms with Crippen LogP contribution in [0.4, 0.5) is 0 Å². The average molecular weight is 202 g/mol. The number of carbonyl (C=O) groups is 1. The Morgan fingerprint density at radius 3 is 2.67 bits per heavy atom. The molecule has 1 heterocycles. The lowest BCUT2D eigenvalue weighted by Crippen LogP contribution is -2.18. The lowest BCUT2D eigenvalue weighted by atomic mass is 9.88. The van der Waals surface area contributed by atoms with Crippen molar-refractivity contribution in [2.75, 3.05) is 6.61 Å². The van der Waals surface area contributed by atoms with Gasteiger partial charge in [0.05, 0.1) is 12.0 Å². The first-order chi connectivity index (χ1) is 7.21. The minimum atomic E-state index is -0.435. The molecule has 0 aromatic heterocycles. The van der Waals surface area contributed by atoms with Crippen LogP contribution in [0.1, 0.15) is 18.9 Å². The number of carbonyl (C=O) groups excluding carboxylic acids is 1. The predicted molar refractivity (Wildman–Crippen MR) is 59.2 cm³/mol. The van der Waals surface area contributed by atoms with Crippen LogP contribution >= 0.6 is 0 Å². The van der Waals surface area contributed by atoms with E-state index in [1.165, 1.54) is 0 Å². The zero-order valence-electron chi connectivity index (χ0n) is 8.77. The van der Waals surface area contributed by atoms with Crippen molar-refractivity contribution in [3.8, 4) is 0 Å². The molecular formula is C13H14O2. The number of hydrogen-bond donors (Lipinski definition) is 0. The third-order valence-corrected chi connectivity index (χ3v) is 2.76. The maximum absolute atomic E-state index is 11.4. The van der Waals surface area contributed by atoms with E-state index in [9.17, 15) is 4.79 Å². The molecule has 2 heteroatoms. The molecular weight excluding hydrogens is 188 g/mol. The highest BCUT2D eigenvalue weighted by Crippen LogP contribution is 2.31. The van der Waals surface area contributed by atoms with Crippen molar-refractivity contribution < 1.29 is 9.53 Å². The molecule has 1 fully saturated rings. The van der Waals surface area contributed by atoms with Crippen molar-refractivity contribution in [1.82, 2.24) is 0 Å². The molecule has 1 saturated heterocycles. The Kier molecular flexibility index (Phi) is 2.58. The molecule has 2 rings (SSSR count). The van der Waals surface area contributed by atoms with Crippen LogP contribution in [0.3, 0.4) is 0 Å². The molecule has 0 spiro atoms. The quantitative estimate of drug-likeness (QED) is 0.689. The summed E-state index contributed by atoms with van der Waals surface area (Å²) in [7, 11) is 0. The van der Waals surface area contributed by atoms with Gasteiger partial charge in [-0.3, -0.25) is 4.79 Å². The highest BCUT2D eigenvalue weighted by atomic mass is 16.5. The Bertz CT molecular complexity index is 381. The molecule has 1 aromatic rings. The van der Waals surface area contributed by atoms with Crippen molar-refractivity contribution in [1.29, 1.82) is 0 Å². The summed E-state index contributed by atoms with van der Waals surface area (Å²) < 4.78 is 4.97. The number of hydrogen-bond acceptors (Lipinski definition) is 2. The van der Waals surface area contributed by atoms with Crippen LogP contribution in [0.2, 0.25) is 0 Å². The Morgan fingerprint density at radius 2 is 2.07 bits per heavy atom. The molecule has 1 aliphatic heterocycles. The summed E-state index contributed by atoms with van der Waals surface area (Å²) in [5.74, 6) is -0.116. The van der Waals surface area contributed by atoms with E-state index in [4.69, 9.17) is 4.74 Å². The lowest BCUT2D eigenvalue weighted by molar-refractivity contribution is -0.143. The molecule has 0 saturated carbocycles. The minimum absolute atomic E-state index is 0.116. The van der Waals surface area contributed by atoms with Gasteiger partial charge in [0, 0.05) is 6.42 Å². The first kappa shape index (κ1) is 9.97. The van der Waals surface area contributed by atoms with Crippen LogP contribution in [-0.4, -0.2) is 12.6 Å². The largest absolute Gasteiger partial charge is 0.465 e. The summed E-state index contributed by atoms with van der Waals surface area (Å²) in [5.41, 5.74) is 0.675. The standard InChI is InChI=1S/C13H14O2/c1-13(9-10-15-12(13)14)8-7-11-5-3-2-4-6-11/h2-8H,9-10H2,1H3/b8-7+/t13-/m0/s1. The topological polar surface area (TPSA) is 26.3 Å². The molecule has 78 valence electrons. The number of rotatable bonds is 2. The van der Waals surface area contributed by atoms with Gasteiger partial charge in [0.2, 0.25) is 0 Å². The highest BCUT2D eigenvalue weighted by Gasteiger charge is 2.37. The van der Waals surface area contributed by atoms with E-state index >= 15 is 0 Å². The number of ether oxygens (including phenoxy) is 1. The summed E-state index contributed by atoms with van der Waals surface area (Å²) in [6.45, 7) is 2.45. The highest BCUT2D eigenvalue weighted by molar-refractivity contribution is 5.81. The molecule has 0 unspecified atom stereocenters. The molecule has 15 heavy (non-hydrogen) atoms. The van der Waals surface area contributed by atoms with Crippen molar-refractivity contribution in [3.05, 3.63) is 42.0 Å². The van der Waals surface area contributed by atoms with Gasteiger partial charge >= 0.3 is 5.97 Å². The molecule has 2 nitrogen and oxygen atoms in total. The van der Waals surface area contributed by atoms with Crippen LogP contribution in [0.15, 0.2) is 36.4 Å². The normalized spacial score (nSPS) is 25.8. The van der Waals surface area contributed by atoms with Gasteiger partial charge in [0.15, 0.2) is 0 Å². The monoisotopic (exact) mass is 202 g/mol. The zero-order chi connectivity index (χ0) is 10.7. The summed E-state index contributed by atoms with van der Waals surface area (Å²) in [5, 5.41) is 0. The van der Waals surface area contributed by atoms with E-state index < -0.39 is 5.41 Å². The van der Waals surface area contributed by atoms with Crippen LogP contribution in [0.25, 0.3) is 6.08 Å². The van der Waals surface area contributed by atoms with Gasteiger partial charge in [-0.15, -0.1) is 0 Å². The number of benzene rings is 1. The molecule has 1 aliphatic rings. The molecule has 0 bridgehead atoms.